The molecule has 5 unspecified atom stereocenters. The maximum Gasteiger partial charge on any atom is 0.373 e. The average Bonchev–Trinajstić information content (AvgIpc) is 1.63. The van der Waals surface area contributed by atoms with Crippen LogP contribution in [0.4, 0.5) is 28.4 Å². The van der Waals surface area contributed by atoms with Crippen molar-refractivity contribution in [3.63, 3.8) is 0 Å². The van der Waals surface area contributed by atoms with Crippen LogP contribution in [0.5, 0.6) is 0 Å². The molecule has 0 aromatic heterocycles. The highest BCUT2D eigenvalue weighted by Gasteiger charge is 2.41. The molecule has 0 saturated heterocycles. The molecule has 0 saturated carbocycles. The van der Waals surface area contributed by atoms with Gasteiger partial charge in [0.2, 0.25) is 0 Å². The van der Waals surface area contributed by atoms with Crippen molar-refractivity contribution in [1.82, 2.24) is 26.6 Å². The molecule has 0 fully saturated rings. The predicted molar refractivity (Wildman–Crippen MR) is 516 cm³/mol. The van der Waals surface area contributed by atoms with Crippen molar-refractivity contribution < 1.29 is 61.2 Å². The lowest BCUT2D eigenvalue weighted by atomic mass is 9.96. The number of carbonyl (C=O) groups excluding carboxylic acids is 2. The third-order valence-corrected chi connectivity index (χ3v) is 33.0. The van der Waals surface area contributed by atoms with Gasteiger partial charge in [-0.1, -0.05) is 217 Å². The number of fused-ring (bicyclic) bond motifs is 10. The molecule has 10 aromatic rings. The van der Waals surface area contributed by atoms with Crippen LogP contribution in [0.15, 0.2) is 237 Å². The Kier molecular flexibility index (Phi) is 36.3. The monoisotopic (exact) mass is 1850 g/mol. The minimum atomic E-state index is -3.59. The second-order valence-electron chi connectivity index (χ2n) is 33.0. The molecule has 0 radical (unpaired) electrons. The number of methoxy groups -OCH3 is 2. The van der Waals surface area contributed by atoms with E-state index < -0.39 is 50.1 Å². The molecule has 5 aliphatic heterocycles. The number of aryl methyl sites for hydroxylation is 5. The minimum Gasteiger partial charge on any atom is -0.385 e. The van der Waals surface area contributed by atoms with E-state index in [-0.39, 0.29) is 36.4 Å². The van der Waals surface area contributed by atoms with Gasteiger partial charge in [0.15, 0.2) is 0 Å². The van der Waals surface area contributed by atoms with Crippen molar-refractivity contribution in [1.29, 1.82) is 0 Å². The summed E-state index contributed by atoms with van der Waals surface area (Å²) < 4.78 is 149. The van der Waals surface area contributed by atoms with Gasteiger partial charge in [0.25, 0.3) is 50.1 Å². The highest BCUT2D eigenvalue weighted by atomic mass is 32.2. The Morgan fingerprint density at radius 3 is 0.682 bits per heavy atom. The second-order valence-corrected chi connectivity index (χ2v) is 42.7. The highest BCUT2D eigenvalue weighted by molar-refractivity contribution is 7.94. The van der Waals surface area contributed by atoms with E-state index in [4.69, 9.17) is 19.1 Å². The van der Waals surface area contributed by atoms with Crippen LogP contribution in [0.2, 0.25) is 0 Å². The molecule has 692 valence electrons. The molecule has 10 aromatic carbocycles. The number of benzene rings is 10. The number of anilines is 5. The third kappa shape index (κ3) is 23.3. The lowest BCUT2D eigenvalue weighted by molar-refractivity contribution is -0.191. The first-order valence-corrected chi connectivity index (χ1v) is 51.5. The van der Waals surface area contributed by atoms with Crippen molar-refractivity contribution in [3.8, 4) is 0 Å². The lowest BCUT2D eigenvalue weighted by Gasteiger charge is -2.22. The van der Waals surface area contributed by atoms with Gasteiger partial charge in [-0.25, -0.2) is 42.1 Å². The standard InChI is InChI=1S/C23H32N2O2S.C20H26N2O2S.2C19H24N2O3S.C18H22N2O2S.CO2/c1-4-5-6-7-8-11-16-24-23-19-12-9-10-13-21(19)25(3)28(26,27)22-17-18(2)14-15-20(22)23;1-4-5-8-13-21-20-16-9-6-7-10-18(16)22(3)25(23,24)19-14-15(2)11-12-17(19)20;2*1-14-9-10-16-18(13-14)25(22,23)21(2)17-8-5-4-7-15(17)19(16)20-11-6-12-24-3;1-4-11-19-18-14-7-5-6-8-16(14)20(3)23(21,22)17-12-13(2)9-10-15(17)18;2-1-3/h9-10,12-15,17,23-24H,4-8,11,16H2,1-3H3;6-7,9-12,14,20-21H,4-5,8,13H2,1-3H3;2*4-5,7-10,13,19-20H,6,11-12H2,1-3H3;5-10,12,18-19H,4,11H2,1-3H3;. The van der Waals surface area contributed by atoms with Crippen LogP contribution in [0.3, 0.4) is 0 Å². The predicted octanol–water partition coefficient (Wildman–Crippen LogP) is 17.5. The van der Waals surface area contributed by atoms with E-state index in [1.165, 1.54) is 60.1 Å². The zero-order valence-electron chi connectivity index (χ0n) is 77.0. The Bertz CT molecular complexity index is 5790. The van der Waals surface area contributed by atoms with Gasteiger partial charge in [0, 0.05) is 62.7 Å². The number of hydrogen-bond acceptors (Lipinski definition) is 19. The van der Waals surface area contributed by atoms with Crippen molar-refractivity contribution in [2.24, 2.45) is 0 Å². The maximum atomic E-state index is 13.3. The fourth-order valence-electron chi connectivity index (χ4n) is 16.9. The first-order chi connectivity index (χ1) is 61.7. The molecule has 0 bridgehead atoms. The summed E-state index contributed by atoms with van der Waals surface area (Å²) in [6.07, 6.45) is 13.8. The van der Waals surface area contributed by atoms with E-state index in [1.54, 1.807) is 79.8 Å². The Balaban J connectivity index is 0.000000167. The molecule has 5 aliphatic rings. The quantitative estimate of drug-likeness (QED) is 0.0315. The molecule has 0 amide bonds. The van der Waals surface area contributed by atoms with Crippen LogP contribution in [0.1, 0.15) is 211 Å². The van der Waals surface area contributed by atoms with Crippen LogP contribution in [0.25, 0.3) is 0 Å². The van der Waals surface area contributed by atoms with Crippen molar-refractivity contribution in [2.45, 2.75) is 187 Å². The van der Waals surface area contributed by atoms with Crippen LogP contribution in [-0.4, -0.2) is 144 Å². The summed E-state index contributed by atoms with van der Waals surface area (Å²) in [5.41, 5.74) is 17.4. The van der Waals surface area contributed by atoms with E-state index >= 15 is 0 Å². The minimum absolute atomic E-state index is 0.122. The molecule has 15 rings (SSSR count). The Morgan fingerprint density at radius 1 is 0.264 bits per heavy atom. The SMILES string of the molecule is CCCCCCCCNC1c2ccccc2N(C)S(=O)(=O)c2cc(C)ccc21.CCCCCNC1c2ccccc2N(C)S(=O)(=O)c2cc(C)ccc21.CCCNC1c2ccccc2N(C)S(=O)(=O)c2cc(C)ccc21.COCCCNC1c2ccccc2N(C)S(=O)(=O)c2cc(C)ccc21.COCCCNC1c2ccccc2N(C)S(=O)(=O)c2cc(C)ccc21.O=C=O. The molecular formula is C100H128N10O14S5. The maximum absolute atomic E-state index is 13.3. The van der Waals surface area contributed by atoms with Gasteiger partial charge < -0.3 is 36.1 Å². The van der Waals surface area contributed by atoms with Crippen molar-refractivity contribution in [3.05, 3.63) is 296 Å². The molecule has 29 heteroatoms. The number of hydrogen-bond donors (Lipinski definition) is 5. The number of nitrogens with zero attached hydrogens (tertiary/aromatic N) is 5. The lowest BCUT2D eigenvalue weighted by Crippen LogP contribution is -2.26. The molecule has 5 heterocycles. The van der Waals surface area contributed by atoms with E-state index in [0.29, 0.717) is 49.1 Å². The average molecular weight is 1850 g/mol. The summed E-state index contributed by atoms with van der Waals surface area (Å²) in [4.78, 5) is 18.2. The largest absolute Gasteiger partial charge is 0.385 e. The Labute approximate surface area is 766 Å². The number of rotatable bonds is 26. The first-order valence-electron chi connectivity index (χ1n) is 44.3. The number of nitrogens with one attached hydrogen (secondary N) is 5. The number of ether oxygens (including phenoxy) is 2. The molecular weight excluding hydrogens is 1730 g/mol. The van der Waals surface area contributed by atoms with Crippen LogP contribution in [0, 0.1) is 34.6 Å². The fourth-order valence-corrected chi connectivity index (χ4v) is 24.6. The molecule has 5 atom stereocenters. The number of para-hydroxylation sites is 5. The van der Waals surface area contributed by atoms with Gasteiger partial charge in [-0.2, -0.15) is 9.59 Å². The van der Waals surface area contributed by atoms with E-state index in [2.05, 4.69) is 47.4 Å². The normalized spacial score (nSPS) is 17.9. The van der Waals surface area contributed by atoms with Gasteiger partial charge in [-0.3, -0.25) is 21.5 Å². The Morgan fingerprint density at radius 2 is 0.457 bits per heavy atom. The topological polar surface area (TPSA) is 300 Å². The van der Waals surface area contributed by atoms with Crippen LogP contribution >= 0.6 is 0 Å². The second kappa shape index (κ2) is 46.2. The summed E-state index contributed by atoms with van der Waals surface area (Å²) in [5, 5.41) is 17.8. The van der Waals surface area contributed by atoms with E-state index in [1.807, 2.05) is 217 Å². The third-order valence-electron chi connectivity index (χ3n) is 23.9. The highest BCUT2D eigenvalue weighted by Crippen LogP contribution is 2.47. The summed E-state index contributed by atoms with van der Waals surface area (Å²) in [7, 11) is -6.37. The fraction of sp³-hybridized carbons (Fsp3) is 0.390. The Hall–Kier alpha value is -9.95. The zero-order valence-corrected chi connectivity index (χ0v) is 81.1. The van der Waals surface area contributed by atoms with Crippen LogP contribution in [-0.2, 0) is 69.2 Å². The summed E-state index contributed by atoms with van der Waals surface area (Å²) in [6.45, 7) is 21.5. The van der Waals surface area contributed by atoms with Crippen LogP contribution < -0.4 is 48.1 Å². The van der Waals surface area contributed by atoms with Gasteiger partial charge in [-0.05, 0) is 244 Å². The first kappa shape index (κ1) is 101. The van der Waals surface area contributed by atoms with Crippen molar-refractivity contribution >= 4 is 84.7 Å². The molecule has 5 N–H and O–H groups in total. The van der Waals surface area contributed by atoms with Gasteiger partial charge in [0.05, 0.1) is 83.1 Å². The van der Waals surface area contributed by atoms with Gasteiger partial charge >= 0.3 is 6.15 Å². The van der Waals surface area contributed by atoms with Gasteiger partial charge in [0.1, 0.15) is 0 Å². The van der Waals surface area contributed by atoms with Crippen molar-refractivity contribution in [2.75, 3.05) is 117 Å². The number of unbranched alkanes of at least 4 members (excludes halogenated alkanes) is 7. The summed E-state index contributed by atoms with van der Waals surface area (Å²) in [5.74, 6) is 0. The molecule has 0 spiro atoms. The molecule has 24 nitrogen and oxygen atoms in total. The van der Waals surface area contributed by atoms with E-state index in [0.717, 1.165) is 172 Å². The van der Waals surface area contributed by atoms with E-state index in [9.17, 15) is 42.1 Å². The smallest absolute Gasteiger partial charge is 0.373 e. The summed E-state index contributed by atoms with van der Waals surface area (Å²) in [6, 6.07) is 66.4. The zero-order chi connectivity index (χ0) is 93.5. The summed E-state index contributed by atoms with van der Waals surface area (Å²) >= 11 is 0. The molecule has 129 heavy (non-hydrogen) atoms. The number of sulfonamides is 5. The molecule has 0 aliphatic carbocycles. The van der Waals surface area contributed by atoms with Gasteiger partial charge in [-0.15, -0.1) is 0 Å².